The van der Waals surface area contributed by atoms with Gasteiger partial charge in [0, 0.05) is 39.3 Å². The Hall–Kier alpha value is -2.18. The van der Waals surface area contributed by atoms with Gasteiger partial charge in [-0.1, -0.05) is 23.8 Å². The van der Waals surface area contributed by atoms with Crippen LogP contribution < -0.4 is 0 Å². The fourth-order valence-electron chi connectivity index (χ4n) is 3.82. The molecule has 2 heterocycles. The second kappa shape index (κ2) is 7.60. The van der Waals surface area contributed by atoms with E-state index in [9.17, 15) is 9.59 Å². The van der Waals surface area contributed by atoms with E-state index < -0.39 is 0 Å². The standard InChI is InChI=1S/C20H27N3O3/c1-4-23-19(25)17(16-6-5-14(2)13-15(16)3)18(20(23)26)22-9-7-21(8-10-22)11-12-24/h5-6,13,24H,4,7-12H2,1-3H3. The maximum atomic E-state index is 13.0. The third-order valence-electron chi connectivity index (χ3n) is 5.22. The summed E-state index contributed by atoms with van der Waals surface area (Å²) in [6.45, 7) is 9.90. The number of piperazine rings is 1. The van der Waals surface area contributed by atoms with Crippen LogP contribution in [0.15, 0.2) is 23.9 Å². The van der Waals surface area contributed by atoms with Crippen molar-refractivity contribution < 1.29 is 14.7 Å². The molecule has 0 aliphatic carbocycles. The molecule has 1 N–H and O–H groups in total. The Morgan fingerprint density at radius 3 is 2.31 bits per heavy atom. The summed E-state index contributed by atoms with van der Waals surface area (Å²) in [5.74, 6) is -0.389. The molecule has 0 unspecified atom stereocenters. The molecule has 0 saturated carbocycles. The van der Waals surface area contributed by atoms with Gasteiger partial charge < -0.3 is 10.0 Å². The van der Waals surface area contributed by atoms with Gasteiger partial charge in [-0.2, -0.15) is 0 Å². The van der Waals surface area contributed by atoms with Crippen molar-refractivity contribution in [3.63, 3.8) is 0 Å². The van der Waals surface area contributed by atoms with Crippen molar-refractivity contribution >= 4 is 17.4 Å². The number of likely N-dealkylation sites (N-methyl/N-ethyl adjacent to an activating group) is 1. The van der Waals surface area contributed by atoms with E-state index in [0.717, 1.165) is 29.8 Å². The molecule has 2 aliphatic rings. The maximum absolute atomic E-state index is 13.0. The van der Waals surface area contributed by atoms with Gasteiger partial charge in [0.25, 0.3) is 11.8 Å². The van der Waals surface area contributed by atoms with Crippen LogP contribution in [0.2, 0.25) is 0 Å². The van der Waals surface area contributed by atoms with Gasteiger partial charge in [-0.05, 0) is 31.9 Å². The van der Waals surface area contributed by atoms with Crippen LogP contribution in [0.4, 0.5) is 0 Å². The average molecular weight is 357 g/mol. The van der Waals surface area contributed by atoms with Gasteiger partial charge in [0.2, 0.25) is 0 Å². The highest BCUT2D eigenvalue weighted by Crippen LogP contribution is 2.33. The predicted octanol–water partition coefficient (Wildman–Crippen LogP) is 1.01. The average Bonchev–Trinajstić information content (AvgIpc) is 2.86. The molecule has 1 aromatic carbocycles. The van der Waals surface area contributed by atoms with Crippen LogP contribution in [0.25, 0.3) is 5.57 Å². The van der Waals surface area contributed by atoms with E-state index in [1.807, 2.05) is 43.9 Å². The van der Waals surface area contributed by atoms with E-state index in [2.05, 4.69) is 4.90 Å². The molecule has 0 atom stereocenters. The van der Waals surface area contributed by atoms with Crippen molar-refractivity contribution in [1.82, 2.24) is 14.7 Å². The molecule has 26 heavy (non-hydrogen) atoms. The molecule has 140 valence electrons. The molecule has 3 rings (SSSR count). The molecular formula is C20H27N3O3. The zero-order valence-electron chi connectivity index (χ0n) is 15.8. The van der Waals surface area contributed by atoms with E-state index in [1.165, 1.54) is 4.90 Å². The smallest absolute Gasteiger partial charge is 0.277 e. The van der Waals surface area contributed by atoms with Crippen molar-refractivity contribution in [3.05, 3.63) is 40.6 Å². The molecule has 2 amide bonds. The normalized spacial score (nSPS) is 19.1. The summed E-state index contributed by atoms with van der Waals surface area (Å²) in [5, 5.41) is 9.11. The van der Waals surface area contributed by atoms with E-state index in [0.29, 0.717) is 37.4 Å². The third-order valence-corrected chi connectivity index (χ3v) is 5.22. The van der Waals surface area contributed by atoms with Gasteiger partial charge in [-0.15, -0.1) is 0 Å². The number of hydrogen-bond donors (Lipinski definition) is 1. The quantitative estimate of drug-likeness (QED) is 0.797. The fraction of sp³-hybridized carbons (Fsp3) is 0.500. The molecule has 2 aliphatic heterocycles. The van der Waals surface area contributed by atoms with E-state index >= 15 is 0 Å². The number of carbonyl (C=O) groups is 2. The number of nitrogens with zero attached hydrogens (tertiary/aromatic N) is 3. The number of aryl methyl sites for hydroxylation is 2. The number of rotatable bonds is 5. The zero-order chi connectivity index (χ0) is 18.8. The first-order valence-electron chi connectivity index (χ1n) is 9.24. The lowest BCUT2D eigenvalue weighted by Gasteiger charge is -2.36. The highest BCUT2D eigenvalue weighted by molar-refractivity contribution is 6.35. The van der Waals surface area contributed by atoms with Crippen molar-refractivity contribution in [2.24, 2.45) is 0 Å². The summed E-state index contributed by atoms with van der Waals surface area (Å²) in [6, 6.07) is 5.98. The molecule has 1 saturated heterocycles. The van der Waals surface area contributed by atoms with Crippen LogP contribution >= 0.6 is 0 Å². The molecule has 0 aromatic heterocycles. The maximum Gasteiger partial charge on any atom is 0.277 e. The minimum Gasteiger partial charge on any atom is -0.395 e. The van der Waals surface area contributed by atoms with E-state index in [-0.39, 0.29) is 18.4 Å². The monoisotopic (exact) mass is 357 g/mol. The van der Waals surface area contributed by atoms with Crippen LogP contribution in [0.5, 0.6) is 0 Å². The van der Waals surface area contributed by atoms with Crippen LogP contribution in [-0.4, -0.2) is 77.5 Å². The minimum atomic E-state index is -0.197. The number of β-amino-alcohol motifs (C(OH)–C–C–N with tert-alkyl or cyclic N) is 1. The molecule has 0 spiro atoms. The SMILES string of the molecule is CCN1C(=O)C(c2ccc(C)cc2C)=C(N2CCN(CCO)CC2)C1=O. The molecule has 1 fully saturated rings. The molecule has 6 nitrogen and oxygen atoms in total. The van der Waals surface area contributed by atoms with Crippen molar-refractivity contribution in [1.29, 1.82) is 0 Å². The Balaban J connectivity index is 2.00. The highest BCUT2D eigenvalue weighted by Gasteiger charge is 2.41. The first-order valence-corrected chi connectivity index (χ1v) is 9.24. The third kappa shape index (κ3) is 3.27. The van der Waals surface area contributed by atoms with E-state index in [1.54, 1.807) is 0 Å². The number of amides is 2. The van der Waals surface area contributed by atoms with Crippen molar-refractivity contribution in [2.75, 3.05) is 45.9 Å². The number of imide groups is 1. The number of benzene rings is 1. The summed E-state index contributed by atoms with van der Waals surface area (Å²) in [5.41, 5.74) is 4.06. The van der Waals surface area contributed by atoms with Gasteiger partial charge in [-0.3, -0.25) is 19.4 Å². The minimum absolute atomic E-state index is 0.136. The van der Waals surface area contributed by atoms with Gasteiger partial charge in [-0.25, -0.2) is 0 Å². The van der Waals surface area contributed by atoms with Crippen LogP contribution in [0.1, 0.15) is 23.6 Å². The molecule has 1 aromatic rings. The molecule has 0 radical (unpaired) electrons. The van der Waals surface area contributed by atoms with Crippen LogP contribution in [0, 0.1) is 13.8 Å². The summed E-state index contributed by atoms with van der Waals surface area (Å²) in [6.07, 6.45) is 0. The largest absolute Gasteiger partial charge is 0.395 e. The first kappa shape index (κ1) is 18.6. The zero-order valence-corrected chi connectivity index (χ0v) is 15.8. The van der Waals surface area contributed by atoms with Gasteiger partial charge in [0.15, 0.2) is 0 Å². The fourth-order valence-corrected chi connectivity index (χ4v) is 3.82. The Kier molecular flexibility index (Phi) is 5.44. The second-order valence-corrected chi connectivity index (χ2v) is 6.95. The Labute approximate surface area is 154 Å². The lowest BCUT2D eigenvalue weighted by Crippen LogP contribution is -2.48. The highest BCUT2D eigenvalue weighted by atomic mass is 16.3. The number of aliphatic hydroxyl groups excluding tert-OH is 1. The molecule has 0 bridgehead atoms. The Bertz CT molecular complexity index is 749. The van der Waals surface area contributed by atoms with Crippen LogP contribution in [-0.2, 0) is 9.59 Å². The lowest BCUT2D eigenvalue weighted by molar-refractivity contribution is -0.137. The van der Waals surface area contributed by atoms with Gasteiger partial charge in [0.05, 0.1) is 12.2 Å². The Morgan fingerprint density at radius 1 is 1.04 bits per heavy atom. The molecular weight excluding hydrogens is 330 g/mol. The molecule has 6 heteroatoms. The van der Waals surface area contributed by atoms with Gasteiger partial charge >= 0.3 is 0 Å². The number of aliphatic hydroxyl groups is 1. The Morgan fingerprint density at radius 2 is 1.73 bits per heavy atom. The number of hydrogen-bond acceptors (Lipinski definition) is 5. The summed E-state index contributed by atoms with van der Waals surface area (Å²) in [4.78, 5) is 31.5. The van der Waals surface area contributed by atoms with E-state index in [4.69, 9.17) is 5.11 Å². The van der Waals surface area contributed by atoms with Crippen molar-refractivity contribution in [3.8, 4) is 0 Å². The predicted molar refractivity (Wildman–Crippen MR) is 100 cm³/mol. The summed E-state index contributed by atoms with van der Waals surface area (Å²) >= 11 is 0. The summed E-state index contributed by atoms with van der Waals surface area (Å²) in [7, 11) is 0. The first-order chi connectivity index (χ1) is 12.5. The van der Waals surface area contributed by atoms with Gasteiger partial charge in [0.1, 0.15) is 5.70 Å². The topological polar surface area (TPSA) is 64.1 Å². The van der Waals surface area contributed by atoms with Crippen molar-refractivity contribution in [2.45, 2.75) is 20.8 Å². The number of carbonyl (C=O) groups excluding carboxylic acids is 2. The second-order valence-electron chi connectivity index (χ2n) is 6.95. The van der Waals surface area contributed by atoms with Crippen LogP contribution in [0.3, 0.4) is 0 Å². The lowest BCUT2D eigenvalue weighted by atomic mass is 9.97. The summed E-state index contributed by atoms with van der Waals surface area (Å²) < 4.78 is 0.